The van der Waals surface area contributed by atoms with E-state index in [1.807, 2.05) is 39.0 Å². The van der Waals surface area contributed by atoms with Crippen molar-refractivity contribution in [1.29, 1.82) is 0 Å². The normalized spacial score (nSPS) is 15.3. The molecule has 3 N–H and O–H groups in total. The molecule has 0 saturated carbocycles. The quantitative estimate of drug-likeness (QED) is 0.889. The van der Waals surface area contributed by atoms with E-state index in [4.69, 9.17) is 10.7 Å². The van der Waals surface area contributed by atoms with Gasteiger partial charge in [-0.15, -0.1) is 0 Å². The minimum atomic E-state index is -0.958. The van der Waals surface area contributed by atoms with Gasteiger partial charge in [-0.3, -0.25) is 0 Å². The molecule has 0 fully saturated rings. The maximum Gasteiger partial charge on any atom is 0.112 e. The Balaban J connectivity index is 2.48. The van der Waals surface area contributed by atoms with E-state index in [-0.39, 0.29) is 12.0 Å². The lowest BCUT2D eigenvalue weighted by Crippen LogP contribution is -2.51. The SMILES string of the molecule is CCCn1c(CC(O)(CN)C(C)(C)C)nc2ccccc21. The molecule has 0 spiro atoms. The zero-order chi connectivity index (χ0) is 15.7. The molecule has 0 aliphatic carbocycles. The van der Waals surface area contributed by atoms with E-state index < -0.39 is 5.60 Å². The molecule has 0 amide bonds. The van der Waals surface area contributed by atoms with Crippen LogP contribution in [0.1, 0.15) is 39.9 Å². The number of aromatic nitrogens is 2. The van der Waals surface area contributed by atoms with Crippen molar-refractivity contribution in [2.75, 3.05) is 6.54 Å². The van der Waals surface area contributed by atoms with Gasteiger partial charge in [0.2, 0.25) is 0 Å². The van der Waals surface area contributed by atoms with Crippen LogP contribution in [0.5, 0.6) is 0 Å². The van der Waals surface area contributed by atoms with Gasteiger partial charge in [0.15, 0.2) is 0 Å². The Morgan fingerprint density at radius 1 is 1.24 bits per heavy atom. The molecule has 1 heterocycles. The van der Waals surface area contributed by atoms with Crippen LogP contribution >= 0.6 is 0 Å². The average molecular weight is 289 g/mol. The Kier molecular flexibility index (Phi) is 4.40. The van der Waals surface area contributed by atoms with Gasteiger partial charge >= 0.3 is 0 Å². The van der Waals surface area contributed by atoms with Crippen LogP contribution in [0.2, 0.25) is 0 Å². The highest BCUT2D eigenvalue weighted by molar-refractivity contribution is 5.75. The van der Waals surface area contributed by atoms with Crippen LogP contribution in [0.3, 0.4) is 0 Å². The third-order valence-corrected chi connectivity index (χ3v) is 4.37. The Bertz CT molecular complexity index is 612. The summed E-state index contributed by atoms with van der Waals surface area (Å²) >= 11 is 0. The van der Waals surface area contributed by atoms with Crippen molar-refractivity contribution in [3.8, 4) is 0 Å². The predicted molar refractivity (Wildman–Crippen MR) is 87.2 cm³/mol. The lowest BCUT2D eigenvalue weighted by atomic mass is 9.74. The first-order chi connectivity index (χ1) is 9.82. The molecule has 116 valence electrons. The zero-order valence-corrected chi connectivity index (χ0v) is 13.6. The highest BCUT2D eigenvalue weighted by atomic mass is 16.3. The van der Waals surface area contributed by atoms with Crippen molar-refractivity contribution in [1.82, 2.24) is 9.55 Å². The van der Waals surface area contributed by atoms with E-state index in [1.165, 1.54) is 0 Å². The fourth-order valence-electron chi connectivity index (χ4n) is 2.64. The van der Waals surface area contributed by atoms with Gasteiger partial charge < -0.3 is 15.4 Å². The summed E-state index contributed by atoms with van der Waals surface area (Å²) in [5, 5.41) is 10.9. The second-order valence-electron chi connectivity index (χ2n) is 6.83. The maximum atomic E-state index is 10.9. The highest BCUT2D eigenvalue weighted by Crippen LogP contribution is 2.33. The number of aliphatic hydroxyl groups is 1. The molecule has 1 atom stereocenters. The second-order valence-corrected chi connectivity index (χ2v) is 6.83. The molecule has 1 aromatic carbocycles. The van der Waals surface area contributed by atoms with Gasteiger partial charge in [-0.1, -0.05) is 39.8 Å². The number of para-hydroxylation sites is 2. The van der Waals surface area contributed by atoms with Crippen molar-refractivity contribution in [2.45, 2.75) is 52.7 Å². The third kappa shape index (κ3) is 2.97. The standard InChI is InChI=1S/C17H27N3O/c1-5-10-20-14-9-7-6-8-13(14)19-15(20)11-17(21,12-18)16(2,3)4/h6-9,21H,5,10-12,18H2,1-4H3. The molecular formula is C17H27N3O. The number of aryl methyl sites for hydroxylation is 1. The van der Waals surface area contributed by atoms with Crippen LogP contribution in [-0.4, -0.2) is 26.8 Å². The van der Waals surface area contributed by atoms with Crippen molar-refractivity contribution in [3.05, 3.63) is 30.1 Å². The van der Waals surface area contributed by atoms with Crippen LogP contribution in [-0.2, 0) is 13.0 Å². The van der Waals surface area contributed by atoms with Crippen molar-refractivity contribution in [3.63, 3.8) is 0 Å². The molecule has 1 aromatic heterocycles. The van der Waals surface area contributed by atoms with Gasteiger partial charge in [0, 0.05) is 19.5 Å². The number of imidazole rings is 1. The maximum absolute atomic E-state index is 10.9. The molecule has 2 aromatic rings. The Hall–Kier alpha value is -1.39. The van der Waals surface area contributed by atoms with Gasteiger partial charge in [0.05, 0.1) is 16.6 Å². The minimum Gasteiger partial charge on any atom is -0.388 e. The summed E-state index contributed by atoms with van der Waals surface area (Å²) in [6.07, 6.45) is 1.51. The predicted octanol–water partition coefficient (Wildman–Crippen LogP) is 2.72. The number of hydrogen-bond acceptors (Lipinski definition) is 3. The lowest BCUT2D eigenvalue weighted by molar-refractivity contribution is -0.0509. The molecule has 1 unspecified atom stereocenters. The molecule has 0 saturated heterocycles. The molecule has 21 heavy (non-hydrogen) atoms. The Labute approximate surface area is 127 Å². The third-order valence-electron chi connectivity index (χ3n) is 4.37. The van der Waals surface area contributed by atoms with E-state index in [0.717, 1.165) is 29.8 Å². The first-order valence-electron chi connectivity index (χ1n) is 7.69. The molecule has 2 rings (SSSR count). The summed E-state index contributed by atoms with van der Waals surface area (Å²) in [6, 6.07) is 8.12. The summed E-state index contributed by atoms with van der Waals surface area (Å²) in [4.78, 5) is 4.73. The first kappa shape index (κ1) is 16.0. The van der Waals surface area contributed by atoms with Crippen LogP contribution in [0.4, 0.5) is 0 Å². The van der Waals surface area contributed by atoms with Crippen molar-refractivity contribution < 1.29 is 5.11 Å². The number of rotatable bonds is 5. The summed E-state index contributed by atoms with van der Waals surface area (Å²) in [5.41, 5.74) is 6.73. The van der Waals surface area contributed by atoms with Gasteiger partial charge in [-0.05, 0) is 24.0 Å². The van der Waals surface area contributed by atoms with Gasteiger partial charge in [0.25, 0.3) is 0 Å². The lowest BCUT2D eigenvalue weighted by Gasteiger charge is -2.39. The van der Waals surface area contributed by atoms with Gasteiger partial charge in [-0.2, -0.15) is 0 Å². The molecule has 0 aliphatic rings. The van der Waals surface area contributed by atoms with E-state index >= 15 is 0 Å². The molecule has 0 aliphatic heterocycles. The van der Waals surface area contributed by atoms with Crippen molar-refractivity contribution >= 4 is 11.0 Å². The number of hydrogen-bond donors (Lipinski definition) is 2. The van der Waals surface area contributed by atoms with E-state index in [1.54, 1.807) is 0 Å². The molecule has 4 heteroatoms. The van der Waals surface area contributed by atoms with Gasteiger partial charge in [-0.25, -0.2) is 4.98 Å². The number of benzene rings is 1. The number of fused-ring (bicyclic) bond motifs is 1. The van der Waals surface area contributed by atoms with Crippen LogP contribution < -0.4 is 5.73 Å². The number of nitrogens with two attached hydrogens (primary N) is 1. The second kappa shape index (κ2) is 5.78. The molecular weight excluding hydrogens is 262 g/mol. The summed E-state index contributed by atoms with van der Waals surface area (Å²) in [7, 11) is 0. The largest absolute Gasteiger partial charge is 0.388 e. The van der Waals surface area contributed by atoms with Gasteiger partial charge in [0.1, 0.15) is 5.82 Å². The van der Waals surface area contributed by atoms with Crippen LogP contribution in [0.25, 0.3) is 11.0 Å². The van der Waals surface area contributed by atoms with Crippen LogP contribution in [0, 0.1) is 5.41 Å². The highest BCUT2D eigenvalue weighted by Gasteiger charge is 2.40. The number of nitrogens with zero attached hydrogens (tertiary/aromatic N) is 2. The molecule has 0 bridgehead atoms. The summed E-state index contributed by atoms with van der Waals surface area (Å²) in [6.45, 7) is 9.34. The summed E-state index contributed by atoms with van der Waals surface area (Å²) < 4.78 is 2.21. The van der Waals surface area contributed by atoms with Crippen molar-refractivity contribution in [2.24, 2.45) is 11.1 Å². The Morgan fingerprint density at radius 2 is 1.90 bits per heavy atom. The smallest absolute Gasteiger partial charge is 0.112 e. The zero-order valence-electron chi connectivity index (χ0n) is 13.6. The monoisotopic (exact) mass is 289 g/mol. The fraction of sp³-hybridized carbons (Fsp3) is 0.588. The first-order valence-corrected chi connectivity index (χ1v) is 7.69. The average Bonchev–Trinajstić information content (AvgIpc) is 2.76. The van der Waals surface area contributed by atoms with E-state index in [2.05, 4.69) is 17.6 Å². The topological polar surface area (TPSA) is 64.1 Å². The minimum absolute atomic E-state index is 0.228. The molecule has 0 radical (unpaired) electrons. The van der Waals surface area contributed by atoms with E-state index in [0.29, 0.717) is 6.42 Å². The molecule has 4 nitrogen and oxygen atoms in total. The van der Waals surface area contributed by atoms with Crippen LogP contribution in [0.15, 0.2) is 24.3 Å². The summed E-state index contributed by atoms with van der Waals surface area (Å²) in [5.74, 6) is 0.918. The fourth-order valence-corrected chi connectivity index (χ4v) is 2.64. The Morgan fingerprint density at radius 3 is 2.48 bits per heavy atom. The van der Waals surface area contributed by atoms with E-state index in [9.17, 15) is 5.11 Å².